The molecule has 0 atom stereocenters. The number of hydrogen-bond acceptors (Lipinski definition) is 6. The lowest BCUT2D eigenvalue weighted by Gasteiger charge is -2.21. The minimum absolute atomic E-state index is 0. The van der Waals surface area contributed by atoms with Gasteiger partial charge in [-0.15, -0.1) is 23.7 Å². The Bertz CT molecular complexity index is 1350. The molecule has 2 aromatic carbocycles. The van der Waals surface area contributed by atoms with Gasteiger partial charge in [-0.3, -0.25) is 15.0 Å². The fourth-order valence-corrected chi connectivity index (χ4v) is 4.56. The van der Waals surface area contributed by atoms with Crippen molar-refractivity contribution in [2.45, 2.75) is 13.0 Å². The molecule has 0 aliphatic rings. The number of benzene rings is 2. The van der Waals surface area contributed by atoms with Crippen LogP contribution in [-0.4, -0.2) is 38.9 Å². The Hall–Kier alpha value is -3.89. The molecule has 0 radical (unpaired) electrons. The minimum Gasteiger partial charge on any atom is -0.481 e. The number of carboxylic acids is 1. The second kappa shape index (κ2) is 11.0. The molecule has 0 spiro atoms. The monoisotopic (exact) mass is 512 g/mol. The highest BCUT2D eigenvalue weighted by Crippen LogP contribution is 2.28. The molecule has 5 N–H and O–H groups in total. The molecular weight excluding hydrogens is 488 g/mol. The van der Waals surface area contributed by atoms with Crippen LogP contribution in [0.4, 0.5) is 11.4 Å². The Kier molecular flexibility index (Phi) is 8.10. The average Bonchev–Trinajstić information content (AvgIpc) is 3.37. The molecule has 0 fully saturated rings. The molecule has 9 nitrogen and oxygen atoms in total. The largest absolute Gasteiger partial charge is 0.481 e. The number of amides is 1. The van der Waals surface area contributed by atoms with E-state index in [2.05, 4.69) is 10.3 Å². The number of nitrogen functional groups attached to an aromatic ring is 1. The van der Waals surface area contributed by atoms with E-state index in [1.54, 1.807) is 30.3 Å². The Morgan fingerprint density at radius 3 is 2.46 bits per heavy atom. The summed E-state index contributed by atoms with van der Waals surface area (Å²) in [7, 11) is 1.89. The van der Waals surface area contributed by atoms with Crippen molar-refractivity contribution in [3.8, 4) is 0 Å². The van der Waals surface area contributed by atoms with Gasteiger partial charge in [-0.1, -0.05) is 18.2 Å². The lowest BCUT2D eigenvalue weighted by Crippen LogP contribution is -2.32. The Labute approximate surface area is 212 Å². The second-order valence-electron chi connectivity index (χ2n) is 7.67. The van der Waals surface area contributed by atoms with Crippen LogP contribution in [-0.2, 0) is 18.4 Å². The normalized spacial score (nSPS) is 10.5. The summed E-state index contributed by atoms with van der Waals surface area (Å²) in [5.41, 5.74) is 8.52. The van der Waals surface area contributed by atoms with Crippen LogP contribution in [0.1, 0.15) is 27.5 Å². The molecule has 0 aliphatic heterocycles. The quantitative estimate of drug-likeness (QED) is 0.197. The predicted octanol–water partition coefficient (Wildman–Crippen LogP) is 4.07. The maximum absolute atomic E-state index is 13.3. The van der Waals surface area contributed by atoms with Crippen molar-refractivity contribution in [2.24, 2.45) is 12.8 Å². The Balaban J connectivity index is 0.00000342. The number of carbonyl (C=O) groups is 2. The first kappa shape index (κ1) is 25.7. The fraction of sp³-hybridized carbons (Fsp3) is 0.167. The number of fused-ring (bicyclic) bond motifs is 1. The molecular formula is C24H25ClN6O3S. The summed E-state index contributed by atoms with van der Waals surface area (Å²) in [6.07, 6.45) is -0.146. The average molecular weight is 513 g/mol. The zero-order valence-corrected chi connectivity index (χ0v) is 20.5. The Morgan fingerprint density at radius 2 is 1.86 bits per heavy atom. The minimum atomic E-state index is -0.959. The van der Waals surface area contributed by atoms with E-state index in [0.717, 1.165) is 21.9 Å². The maximum Gasteiger partial charge on any atom is 0.305 e. The van der Waals surface area contributed by atoms with E-state index < -0.39 is 5.97 Å². The molecule has 11 heteroatoms. The van der Waals surface area contributed by atoms with Crippen molar-refractivity contribution in [2.75, 3.05) is 16.8 Å². The number of para-hydroxylation sites is 1. The number of rotatable bonds is 9. The van der Waals surface area contributed by atoms with E-state index >= 15 is 0 Å². The first-order valence-corrected chi connectivity index (χ1v) is 11.4. The molecule has 0 unspecified atom stereocenters. The highest BCUT2D eigenvalue weighted by molar-refractivity contribution is 7.20. The third-order valence-electron chi connectivity index (χ3n) is 5.39. The molecule has 4 aromatic rings. The summed E-state index contributed by atoms with van der Waals surface area (Å²) >= 11 is 1.29. The lowest BCUT2D eigenvalue weighted by molar-refractivity contribution is -0.136. The van der Waals surface area contributed by atoms with Crippen LogP contribution < -0.4 is 16.0 Å². The zero-order valence-electron chi connectivity index (χ0n) is 18.9. The van der Waals surface area contributed by atoms with Crippen LogP contribution >= 0.6 is 23.7 Å². The molecule has 4 rings (SSSR count). The van der Waals surface area contributed by atoms with Gasteiger partial charge in [-0.2, -0.15) is 0 Å². The number of imidazole rings is 1. The molecule has 182 valence electrons. The van der Waals surface area contributed by atoms with Gasteiger partial charge in [0.25, 0.3) is 5.91 Å². The van der Waals surface area contributed by atoms with Crippen molar-refractivity contribution < 1.29 is 14.7 Å². The topological polar surface area (TPSA) is 137 Å². The van der Waals surface area contributed by atoms with Crippen LogP contribution in [0.15, 0.2) is 60.7 Å². The first-order chi connectivity index (χ1) is 16.3. The third-order valence-corrected chi connectivity index (χ3v) is 6.40. The van der Waals surface area contributed by atoms with E-state index in [1.165, 1.54) is 16.2 Å². The number of carboxylic acid groups (broad SMARTS) is 1. The highest BCUT2D eigenvalue weighted by atomic mass is 35.5. The number of carbonyl (C=O) groups excluding carboxylic acids is 1. The molecule has 0 bridgehead atoms. The molecule has 1 amide bonds. The van der Waals surface area contributed by atoms with Crippen molar-refractivity contribution >= 4 is 63.2 Å². The summed E-state index contributed by atoms with van der Waals surface area (Å²) < 4.78 is 1.93. The summed E-state index contributed by atoms with van der Waals surface area (Å²) in [6.45, 7) is 0.562. The van der Waals surface area contributed by atoms with Crippen molar-refractivity contribution in [3.63, 3.8) is 0 Å². The van der Waals surface area contributed by atoms with Crippen LogP contribution in [0.2, 0.25) is 0 Å². The SMILES string of the molecule is Cl.Cn1c(CNc2ccc(C(=N)N)cc2)nc2sc(C(=O)N(CCC(=O)O)c3ccccc3)cc21. The number of hydrogen-bond donors (Lipinski definition) is 4. The van der Waals surface area contributed by atoms with Crippen molar-refractivity contribution in [3.05, 3.63) is 76.9 Å². The molecule has 2 aromatic heterocycles. The van der Waals surface area contributed by atoms with E-state index in [-0.39, 0.29) is 37.1 Å². The van der Waals surface area contributed by atoms with Crippen LogP contribution in [0.5, 0.6) is 0 Å². The summed E-state index contributed by atoms with van der Waals surface area (Å²) in [4.78, 5) is 31.8. The smallest absolute Gasteiger partial charge is 0.305 e. The summed E-state index contributed by atoms with van der Waals surface area (Å²) in [5.74, 6) is -0.378. The summed E-state index contributed by atoms with van der Waals surface area (Å²) in [6, 6.07) is 18.1. The second-order valence-corrected chi connectivity index (χ2v) is 8.70. The number of aryl methyl sites for hydroxylation is 1. The molecule has 35 heavy (non-hydrogen) atoms. The first-order valence-electron chi connectivity index (χ1n) is 10.6. The van der Waals surface area contributed by atoms with Crippen LogP contribution in [0.3, 0.4) is 0 Å². The molecule has 0 saturated carbocycles. The number of amidine groups is 1. The number of anilines is 2. The van der Waals surface area contributed by atoms with Gasteiger partial charge in [0.05, 0.1) is 23.4 Å². The number of thiophene rings is 1. The third kappa shape index (κ3) is 5.79. The van der Waals surface area contributed by atoms with E-state index in [0.29, 0.717) is 22.7 Å². The standard InChI is InChI=1S/C24H24N6O3S.ClH/c1-29-18-13-19(24(33)30(12-11-21(31)32)17-5-3-2-4-6-17)34-23(18)28-20(29)14-27-16-9-7-15(8-10-16)22(25)26;/h2-10,13,27H,11-12,14H2,1H3,(H3,25,26)(H,31,32);1H. The number of aliphatic carboxylic acids is 1. The summed E-state index contributed by atoms with van der Waals surface area (Å²) in [5, 5.41) is 19.9. The fourth-order valence-electron chi connectivity index (χ4n) is 3.53. The van der Waals surface area contributed by atoms with Crippen LogP contribution in [0, 0.1) is 5.41 Å². The van der Waals surface area contributed by atoms with Gasteiger partial charge >= 0.3 is 5.97 Å². The van der Waals surface area contributed by atoms with Crippen LogP contribution in [0.25, 0.3) is 10.3 Å². The van der Waals surface area contributed by atoms with Gasteiger partial charge in [-0.25, -0.2) is 4.98 Å². The van der Waals surface area contributed by atoms with Crippen molar-refractivity contribution in [1.82, 2.24) is 9.55 Å². The maximum atomic E-state index is 13.3. The van der Waals surface area contributed by atoms with Gasteiger partial charge in [-0.05, 0) is 42.5 Å². The molecule has 2 heterocycles. The number of nitrogens with one attached hydrogen (secondary N) is 2. The number of halogens is 1. The van der Waals surface area contributed by atoms with Gasteiger partial charge in [0.1, 0.15) is 16.5 Å². The van der Waals surface area contributed by atoms with E-state index in [1.807, 2.05) is 41.9 Å². The predicted molar refractivity (Wildman–Crippen MR) is 141 cm³/mol. The number of nitrogens with zero attached hydrogens (tertiary/aromatic N) is 3. The number of nitrogens with two attached hydrogens (primary N) is 1. The van der Waals surface area contributed by atoms with Gasteiger partial charge in [0, 0.05) is 30.5 Å². The Morgan fingerprint density at radius 1 is 1.17 bits per heavy atom. The zero-order chi connectivity index (χ0) is 24.2. The lowest BCUT2D eigenvalue weighted by atomic mass is 10.2. The van der Waals surface area contributed by atoms with Crippen molar-refractivity contribution in [1.29, 1.82) is 5.41 Å². The van der Waals surface area contributed by atoms with Gasteiger partial charge in [0.2, 0.25) is 0 Å². The van der Waals surface area contributed by atoms with Gasteiger partial charge < -0.3 is 25.6 Å². The molecule has 0 saturated heterocycles. The van der Waals surface area contributed by atoms with E-state index in [4.69, 9.17) is 16.2 Å². The van der Waals surface area contributed by atoms with E-state index in [9.17, 15) is 9.59 Å². The highest BCUT2D eigenvalue weighted by Gasteiger charge is 2.22. The number of aromatic nitrogens is 2. The molecule has 0 aliphatic carbocycles. The van der Waals surface area contributed by atoms with Gasteiger partial charge in [0.15, 0.2) is 0 Å².